The van der Waals surface area contributed by atoms with E-state index in [1.54, 1.807) is 23.0 Å². The normalized spacial score (nSPS) is 14.9. The minimum atomic E-state index is 0. The van der Waals surface area contributed by atoms with E-state index in [9.17, 15) is 0 Å². The van der Waals surface area contributed by atoms with Crippen molar-refractivity contribution in [1.29, 1.82) is 0 Å². The van der Waals surface area contributed by atoms with Gasteiger partial charge in [0.25, 0.3) is 0 Å². The van der Waals surface area contributed by atoms with Crippen LogP contribution in [0.2, 0.25) is 5.02 Å². The molecule has 0 radical (unpaired) electrons. The minimum Gasteiger partial charge on any atom is -0.491 e. The van der Waals surface area contributed by atoms with Crippen molar-refractivity contribution in [3.63, 3.8) is 0 Å². The van der Waals surface area contributed by atoms with Crippen LogP contribution in [-0.4, -0.2) is 80.3 Å². The first-order valence-corrected chi connectivity index (χ1v) is 15.3. The van der Waals surface area contributed by atoms with Crippen LogP contribution in [0.25, 0.3) is 33.7 Å². The molecule has 8 bridgehead atoms. The molecule has 7 heterocycles. The number of nitrogens with one attached hydrogen (secondary N) is 2. The SMILES string of the molecule is C.Clc1cc2cc(c1)-c1cnn3ccc(nc13)NCCOCCO2.c1cc2cc(n1)NCCOCCCc1ccc3ncc-2n3n1. The third-order valence-corrected chi connectivity index (χ3v) is 7.57. The molecule has 0 saturated carbocycles. The number of imidazole rings is 1. The summed E-state index contributed by atoms with van der Waals surface area (Å²) in [5, 5.41) is 16.2. The third-order valence-electron chi connectivity index (χ3n) is 7.35. The Kier molecular flexibility index (Phi) is 9.87. The predicted octanol–water partition coefficient (Wildman–Crippen LogP) is 5.67. The summed E-state index contributed by atoms with van der Waals surface area (Å²) in [6.45, 7) is 4.44. The predicted molar refractivity (Wildman–Crippen MR) is 179 cm³/mol. The molecule has 13 heteroatoms. The number of aromatic nitrogens is 7. The van der Waals surface area contributed by atoms with Crippen molar-refractivity contribution in [3.05, 3.63) is 84.0 Å². The van der Waals surface area contributed by atoms with Crippen LogP contribution in [0, 0.1) is 0 Å². The van der Waals surface area contributed by atoms with Crippen LogP contribution in [0.15, 0.2) is 73.3 Å². The van der Waals surface area contributed by atoms with Gasteiger partial charge in [-0.3, -0.25) is 0 Å². The molecule has 0 fully saturated rings. The molecule has 2 aliphatic rings. The van der Waals surface area contributed by atoms with Gasteiger partial charge in [-0.2, -0.15) is 10.2 Å². The average molecular weight is 642 g/mol. The number of aryl methyl sites for hydroxylation is 1. The molecule has 6 aromatic rings. The Morgan fingerprint density at radius 3 is 2.59 bits per heavy atom. The van der Waals surface area contributed by atoms with Gasteiger partial charge in [0.15, 0.2) is 11.3 Å². The highest BCUT2D eigenvalue weighted by atomic mass is 35.5. The molecule has 0 aliphatic carbocycles. The Morgan fingerprint density at radius 1 is 0.804 bits per heavy atom. The van der Waals surface area contributed by atoms with Gasteiger partial charge in [0.05, 0.1) is 43.6 Å². The van der Waals surface area contributed by atoms with Gasteiger partial charge in [0.2, 0.25) is 0 Å². The highest BCUT2D eigenvalue weighted by molar-refractivity contribution is 6.31. The largest absolute Gasteiger partial charge is 0.491 e. The first kappa shape index (κ1) is 31.2. The number of rotatable bonds is 0. The Labute approximate surface area is 271 Å². The first-order valence-electron chi connectivity index (χ1n) is 14.9. The second kappa shape index (κ2) is 14.5. The van der Waals surface area contributed by atoms with Gasteiger partial charge in [0, 0.05) is 48.2 Å². The number of halogens is 1. The zero-order valence-corrected chi connectivity index (χ0v) is 25.3. The van der Waals surface area contributed by atoms with E-state index in [2.05, 4.69) is 30.7 Å². The van der Waals surface area contributed by atoms with Gasteiger partial charge in [-0.15, -0.1) is 0 Å². The molecule has 0 saturated heterocycles. The molecular weight excluding hydrogens is 606 g/mol. The fraction of sp³-hybridized carbons (Fsp3) is 0.303. The molecule has 0 spiro atoms. The molecule has 1 aromatic carbocycles. The summed E-state index contributed by atoms with van der Waals surface area (Å²) in [6, 6.07) is 15.6. The maximum atomic E-state index is 6.23. The Balaban J connectivity index is 0.000000158. The monoisotopic (exact) mass is 641 g/mol. The lowest BCUT2D eigenvalue weighted by molar-refractivity contribution is 0.107. The highest BCUT2D eigenvalue weighted by Crippen LogP contribution is 2.31. The summed E-state index contributed by atoms with van der Waals surface area (Å²) in [6.07, 6.45) is 9.20. The quantitative estimate of drug-likeness (QED) is 0.214. The van der Waals surface area contributed by atoms with E-state index in [-0.39, 0.29) is 7.43 Å². The number of benzene rings is 1. The van der Waals surface area contributed by atoms with Crippen molar-refractivity contribution in [3.8, 4) is 28.1 Å². The van der Waals surface area contributed by atoms with E-state index >= 15 is 0 Å². The van der Waals surface area contributed by atoms with Gasteiger partial charge in [-0.25, -0.2) is 24.0 Å². The van der Waals surface area contributed by atoms with Crippen LogP contribution in [0.3, 0.4) is 0 Å². The third kappa shape index (κ3) is 7.20. The highest BCUT2D eigenvalue weighted by Gasteiger charge is 2.13. The maximum absolute atomic E-state index is 6.23. The fourth-order valence-corrected chi connectivity index (χ4v) is 5.41. The second-order valence-corrected chi connectivity index (χ2v) is 10.9. The first-order chi connectivity index (χ1) is 22.2. The summed E-state index contributed by atoms with van der Waals surface area (Å²) in [4.78, 5) is 13.4. The van der Waals surface area contributed by atoms with E-state index in [0.29, 0.717) is 43.7 Å². The Bertz CT molecular complexity index is 1930. The number of fused-ring (bicyclic) bond motifs is 8. The molecule has 0 amide bonds. The number of nitrogens with zero attached hydrogens (tertiary/aromatic N) is 7. The lowest BCUT2D eigenvalue weighted by Gasteiger charge is -2.11. The van der Waals surface area contributed by atoms with Gasteiger partial charge in [-0.1, -0.05) is 19.0 Å². The van der Waals surface area contributed by atoms with E-state index in [1.807, 2.05) is 59.4 Å². The Morgan fingerprint density at radius 2 is 1.67 bits per heavy atom. The molecule has 2 aliphatic heterocycles. The molecule has 46 heavy (non-hydrogen) atoms. The summed E-state index contributed by atoms with van der Waals surface area (Å²) < 4.78 is 20.5. The van der Waals surface area contributed by atoms with Crippen LogP contribution >= 0.6 is 11.6 Å². The molecule has 238 valence electrons. The minimum absolute atomic E-state index is 0. The second-order valence-electron chi connectivity index (χ2n) is 10.5. The zero-order chi connectivity index (χ0) is 30.4. The number of hydrogen-bond acceptors (Lipinski definition) is 10. The van der Waals surface area contributed by atoms with Crippen molar-refractivity contribution in [2.24, 2.45) is 0 Å². The number of ether oxygens (including phenoxy) is 3. The van der Waals surface area contributed by atoms with Gasteiger partial charge in [0.1, 0.15) is 24.0 Å². The lowest BCUT2D eigenvalue weighted by atomic mass is 10.1. The molecular formula is C33H36ClN9O3. The van der Waals surface area contributed by atoms with Crippen LogP contribution in [-0.2, 0) is 15.9 Å². The molecule has 0 atom stereocenters. The van der Waals surface area contributed by atoms with Crippen molar-refractivity contribution in [2.75, 3.05) is 56.8 Å². The van der Waals surface area contributed by atoms with Crippen molar-refractivity contribution in [2.45, 2.75) is 20.3 Å². The molecule has 12 nitrogen and oxygen atoms in total. The van der Waals surface area contributed by atoms with Crippen LogP contribution < -0.4 is 15.4 Å². The zero-order valence-electron chi connectivity index (χ0n) is 24.5. The summed E-state index contributed by atoms with van der Waals surface area (Å²) in [5.41, 5.74) is 6.54. The Hall–Kier alpha value is -4.78. The van der Waals surface area contributed by atoms with E-state index in [1.165, 1.54) is 0 Å². The summed E-state index contributed by atoms with van der Waals surface area (Å²) >= 11 is 6.23. The smallest absolute Gasteiger partial charge is 0.165 e. The number of anilines is 2. The molecule has 2 N–H and O–H groups in total. The van der Waals surface area contributed by atoms with E-state index < -0.39 is 0 Å². The molecule has 5 aromatic heterocycles. The van der Waals surface area contributed by atoms with Gasteiger partial charge in [-0.05, 0) is 66.9 Å². The lowest BCUT2D eigenvalue weighted by Crippen LogP contribution is -2.14. The summed E-state index contributed by atoms with van der Waals surface area (Å²) in [7, 11) is 0. The van der Waals surface area contributed by atoms with Gasteiger partial charge >= 0.3 is 0 Å². The number of hydrogen-bond donors (Lipinski definition) is 2. The van der Waals surface area contributed by atoms with Gasteiger partial charge < -0.3 is 24.8 Å². The number of pyridine rings is 1. The standard InChI is InChI=1S/C16H15ClN4O2.C16H17N5O.CH4/c17-12-7-11-8-13(9-12)23-6-5-22-4-2-18-15-1-3-21-16(20-15)14(11)10-19-21;1-2-13-3-4-16-19-11-14(21(16)20-13)12-5-6-17-15(10-12)18-7-9-22-8-1;/h1,3,7-10H,2,4-6H2,(H,18,20);3-6,10-11H,1-2,7-9H2,(H,17,18);1H4. The summed E-state index contributed by atoms with van der Waals surface area (Å²) in [5.74, 6) is 2.34. The molecule has 0 unspecified atom stereocenters. The van der Waals surface area contributed by atoms with E-state index in [4.69, 9.17) is 30.9 Å². The van der Waals surface area contributed by atoms with Crippen LogP contribution in [0.4, 0.5) is 11.6 Å². The van der Waals surface area contributed by atoms with Crippen molar-refractivity contribution < 1.29 is 14.2 Å². The van der Waals surface area contributed by atoms with Crippen molar-refractivity contribution >= 4 is 34.5 Å². The van der Waals surface area contributed by atoms with Crippen LogP contribution in [0.5, 0.6) is 5.75 Å². The van der Waals surface area contributed by atoms with Crippen molar-refractivity contribution in [1.82, 2.24) is 34.2 Å². The maximum Gasteiger partial charge on any atom is 0.165 e. The average Bonchev–Trinajstić information content (AvgIpc) is 3.67. The van der Waals surface area contributed by atoms with E-state index in [0.717, 1.165) is 77.0 Å². The molecule has 8 rings (SSSR count). The fourth-order valence-electron chi connectivity index (χ4n) is 5.18. The van der Waals surface area contributed by atoms with Crippen LogP contribution in [0.1, 0.15) is 19.5 Å². The topological polar surface area (TPSA) is 125 Å².